The molecule has 1 atom stereocenters. The Kier molecular flexibility index (Phi) is 4.21. The number of halogens is 2. The Hall–Kier alpha value is -1.01. The third-order valence-corrected chi connectivity index (χ3v) is 4.10. The Balaban J connectivity index is 3.01. The zero-order valence-corrected chi connectivity index (χ0v) is 10.7. The standard InChI is InChI=1S/C11H15F2NO2S/c1-7(2)8(3)14-17(15,16)9-4-5-10(12)11(13)6-9/h4-8,14H,1-3H3. The fraction of sp³-hybridized carbons (Fsp3) is 0.455. The minimum atomic E-state index is -3.80. The Morgan fingerprint density at radius 2 is 1.71 bits per heavy atom. The molecule has 1 unspecified atom stereocenters. The Bertz CT molecular complexity index is 500. The molecule has 6 heteroatoms. The van der Waals surface area contributed by atoms with Crippen LogP contribution >= 0.6 is 0 Å². The molecule has 0 heterocycles. The van der Waals surface area contributed by atoms with Crippen molar-refractivity contribution in [2.75, 3.05) is 0 Å². The van der Waals surface area contributed by atoms with Gasteiger partial charge >= 0.3 is 0 Å². The van der Waals surface area contributed by atoms with Gasteiger partial charge in [-0.3, -0.25) is 0 Å². The van der Waals surface area contributed by atoms with E-state index >= 15 is 0 Å². The second-order valence-corrected chi connectivity index (χ2v) is 5.94. The first-order chi connectivity index (χ1) is 7.74. The van der Waals surface area contributed by atoms with Gasteiger partial charge in [0, 0.05) is 6.04 Å². The fourth-order valence-corrected chi connectivity index (χ4v) is 2.50. The maximum Gasteiger partial charge on any atom is 0.240 e. The van der Waals surface area contributed by atoms with Gasteiger partial charge in [0.05, 0.1) is 4.90 Å². The van der Waals surface area contributed by atoms with Gasteiger partial charge in [-0.2, -0.15) is 0 Å². The zero-order valence-electron chi connectivity index (χ0n) is 9.87. The Morgan fingerprint density at radius 1 is 1.12 bits per heavy atom. The van der Waals surface area contributed by atoms with Gasteiger partial charge < -0.3 is 0 Å². The van der Waals surface area contributed by atoms with E-state index < -0.39 is 21.7 Å². The van der Waals surface area contributed by atoms with Gasteiger partial charge in [-0.15, -0.1) is 0 Å². The van der Waals surface area contributed by atoms with E-state index in [9.17, 15) is 17.2 Å². The normalized spacial score (nSPS) is 14.0. The second-order valence-electron chi connectivity index (χ2n) is 4.23. The van der Waals surface area contributed by atoms with Gasteiger partial charge in [0.2, 0.25) is 10.0 Å². The molecule has 0 fully saturated rings. The molecule has 1 aromatic carbocycles. The van der Waals surface area contributed by atoms with Crippen LogP contribution in [0.5, 0.6) is 0 Å². The molecule has 0 aliphatic rings. The van der Waals surface area contributed by atoms with Crippen LogP contribution in [0.25, 0.3) is 0 Å². The summed E-state index contributed by atoms with van der Waals surface area (Å²) in [5, 5.41) is 0. The number of rotatable bonds is 4. The second kappa shape index (κ2) is 5.10. The van der Waals surface area contributed by atoms with Crippen LogP contribution in [-0.2, 0) is 10.0 Å². The average molecular weight is 263 g/mol. The monoisotopic (exact) mass is 263 g/mol. The third-order valence-electron chi connectivity index (χ3n) is 2.54. The number of hydrogen-bond donors (Lipinski definition) is 1. The maximum atomic E-state index is 12.9. The molecule has 1 aromatic rings. The van der Waals surface area contributed by atoms with Crippen molar-refractivity contribution >= 4 is 10.0 Å². The lowest BCUT2D eigenvalue weighted by Crippen LogP contribution is -2.36. The van der Waals surface area contributed by atoms with E-state index in [1.807, 2.05) is 13.8 Å². The molecule has 1 N–H and O–H groups in total. The first-order valence-electron chi connectivity index (χ1n) is 5.21. The van der Waals surface area contributed by atoms with Crippen LogP contribution < -0.4 is 4.72 Å². The highest BCUT2D eigenvalue weighted by molar-refractivity contribution is 7.89. The highest BCUT2D eigenvalue weighted by atomic mass is 32.2. The number of nitrogens with one attached hydrogen (secondary N) is 1. The van der Waals surface area contributed by atoms with Gasteiger partial charge in [0.1, 0.15) is 0 Å². The molecule has 0 radical (unpaired) electrons. The van der Waals surface area contributed by atoms with Crippen molar-refractivity contribution in [2.24, 2.45) is 5.92 Å². The molecule has 0 saturated carbocycles. The van der Waals surface area contributed by atoms with E-state index in [0.29, 0.717) is 6.07 Å². The molecule has 1 rings (SSSR count). The molecule has 0 spiro atoms. The first kappa shape index (κ1) is 14.1. The van der Waals surface area contributed by atoms with Crippen molar-refractivity contribution in [2.45, 2.75) is 31.7 Å². The number of benzene rings is 1. The van der Waals surface area contributed by atoms with E-state index in [1.165, 1.54) is 0 Å². The van der Waals surface area contributed by atoms with Crippen molar-refractivity contribution in [3.8, 4) is 0 Å². The van der Waals surface area contributed by atoms with Gasteiger partial charge in [-0.1, -0.05) is 13.8 Å². The molecule has 0 amide bonds. The average Bonchev–Trinajstić information content (AvgIpc) is 2.21. The summed E-state index contributed by atoms with van der Waals surface area (Å²) in [7, 11) is -3.80. The summed E-state index contributed by atoms with van der Waals surface area (Å²) in [6.45, 7) is 5.43. The maximum absolute atomic E-state index is 12.9. The SMILES string of the molecule is CC(C)C(C)NS(=O)(=O)c1ccc(F)c(F)c1. The minimum Gasteiger partial charge on any atom is -0.208 e. The first-order valence-corrected chi connectivity index (χ1v) is 6.69. The molecular formula is C11H15F2NO2S. The van der Waals surface area contributed by atoms with Crippen LogP contribution in [0.1, 0.15) is 20.8 Å². The minimum absolute atomic E-state index is 0.107. The van der Waals surface area contributed by atoms with Crippen LogP contribution in [0.4, 0.5) is 8.78 Å². The molecule has 0 bridgehead atoms. The summed E-state index contributed by atoms with van der Waals surface area (Å²) in [4.78, 5) is -0.274. The fourth-order valence-electron chi connectivity index (χ4n) is 1.09. The molecule has 0 saturated heterocycles. The predicted octanol–water partition coefficient (Wildman–Crippen LogP) is 2.29. The molecule has 17 heavy (non-hydrogen) atoms. The summed E-state index contributed by atoms with van der Waals surface area (Å²) in [5.74, 6) is -2.14. The predicted molar refractivity (Wildman–Crippen MR) is 61.0 cm³/mol. The molecular weight excluding hydrogens is 248 g/mol. The lowest BCUT2D eigenvalue weighted by molar-refractivity contribution is 0.474. The van der Waals surface area contributed by atoms with Crippen LogP contribution in [0.15, 0.2) is 23.1 Å². The molecule has 96 valence electrons. The van der Waals surface area contributed by atoms with Crippen molar-refractivity contribution < 1.29 is 17.2 Å². The van der Waals surface area contributed by atoms with Crippen LogP contribution in [0.3, 0.4) is 0 Å². The summed E-state index contributed by atoms with van der Waals surface area (Å²) < 4.78 is 51.6. The molecule has 0 aliphatic carbocycles. The van der Waals surface area contributed by atoms with Gasteiger partial charge in [-0.25, -0.2) is 21.9 Å². The summed E-state index contributed by atoms with van der Waals surface area (Å²) >= 11 is 0. The number of sulfonamides is 1. The van der Waals surface area contributed by atoms with Crippen molar-refractivity contribution in [1.82, 2.24) is 4.72 Å². The Morgan fingerprint density at radius 3 is 2.18 bits per heavy atom. The number of hydrogen-bond acceptors (Lipinski definition) is 2. The smallest absolute Gasteiger partial charge is 0.208 e. The summed E-state index contributed by atoms with van der Waals surface area (Å²) in [6.07, 6.45) is 0. The lowest BCUT2D eigenvalue weighted by atomic mass is 10.1. The summed E-state index contributed by atoms with van der Waals surface area (Å²) in [5.41, 5.74) is 0. The van der Waals surface area contributed by atoms with E-state index in [4.69, 9.17) is 0 Å². The molecule has 0 aliphatic heterocycles. The van der Waals surface area contributed by atoms with E-state index in [-0.39, 0.29) is 16.9 Å². The largest absolute Gasteiger partial charge is 0.240 e. The van der Waals surface area contributed by atoms with Crippen LogP contribution in [0.2, 0.25) is 0 Å². The van der Waals surface area contributed by atoms with E-state index in [0.717, 1.165) is 12.1 Å². The van der Waals surface area contributed by atoms with Gasteiger partial charge in [0.15, 0.2) is 11.6 Å². The molecule has 3 nitrogen and oxygen atoms in total. The van der Waals surface area contributed by atoms with E-state index in [2.05, 4.69) is 4.72 Å². The zero-order chi connectivity index (χ0) is 13.2. The lowest BCUT2D eigenvalue weighted by Gasteiger charge is -2.17. The van der Waals surface area contributed by atoms with Gasteiger partial charge in [0.25, 0.3) is 0 Å². The van der Waals surface area contributed by atoms with Crippen molar-refractivity contribution in [3.05, 3.63) is 29.8 Å². The van der Waals surface area contributed by atoms with E-state index in [1.54, 1.807) is 6.92 Å². The van der Waals surface area contributed by atoms with Crippen molar-refractivity contribution in [1.29, 1.82) is 0 Å². The Labute approximate surface area is 99.9 Å². The highest BCUT2D eigenvalue weighted by Crippen LogP contribution is 2.15. The molecule has 0 aromatic heterocycles. The van der Waals surface area contributed by atoms with Crippen LogP contribution in [-0.4, -0.2) is 14.5 Å². The quantitative estimate of drug-likeness (QED) is 0.906. The van der Waals surface area contributed by atoms with Gasteiger partial charge in [-0.05, 0) is 31.0 Å². The third kappa shape index (κ3) is 3.47. The van der Waals surface area contributed by atoms with Crippen molar-refractivity contribution in [3.63, 3.8) is 0 Å². The summed E-state index contributed by atoms with van der Waals surface area (Å²) in [6, 6.07) is 2.22. The topological polar surface area (TPSA) is 46.2 Å². The highest BCUT2D eigenvalue weighted by Gasteiger charge is 2.20. The van der Waals surface area contributed by atoms with Crippen LogP contribution in [0, 0.1) is 17.6 Å².